The lowest BCUT2D eigenvalue weighted by Gasteiger charge is -2.13. The largest absolute Gasteiger partial charge is 0.481 e. The molecule has 4 rings (SSSR count). The molecule has 3 aromatic rings. The van der Waals surface area contributed by atoms with Gasteiger partial charge in [0.05, 0.1) is 16.8 Å². The predicted octanol–water partition coefficient (Wildman–Crippen LogP) is 4.77. The summed E-state index contributed by atoms with van der Waals surface area (Å²) in [5.41, 5.74) is 1.93. The van der Waals surface area contributed by atoms with E-state index < -0.39 is 18.3 Å². The Bertz CT molecular complexity index is 1300. The number of benzene rings is 1. The van der Waals surface area contributed by atoms with Crippen molar-refractivity contribution in [2.24, 2.45) is 4.99 Å². The van der Waals surface area contributed by atoms with Crippen LogP contribution in [-0.2, 0) is 14.4 Å². The molecule has 0 aliphatic carbocycles. The fraction of sp³-hybridized carbons (Fsp3) is 0.160. The molecule has 0 spiro atoms. The highest BCUT2D eigenvalue weighted by atomic mass is 32.2. The van der Waals surface area contributed by atoms with Crippen molar-refractivity contribution in [3.05, 3.63) is 71.6 Å². The quantitative estimate of drug-likeness (QED) is 0.344. The molecule has 1 aromatic carbocycles. The normalized spacial score (nSPS) is 15.7. The van der Waals surface area contributed by atoms with E-state index in [9.17, 15) is 14.4 Å². The second-order valence-corrected chi connectivity index (χ2v) is 8.58. The lowest BCUT2D eigenvalue weighted by Crippen LogP contribution is -2.29. The summed E-state index contributed by atoms with van der Waals surface area (Å²) in [5, 5.41) is 11.8. The Hall–Kier alpha value is -4.18. The van der Waals surface area contributed by atoms with Crippen LogP contribution in [0, 0.1) is 0 Å². The minimum absolute atomic E-state index is 0.126. The highest BCUT2D eigenvalue weighted by molar-refractivity contribution is 8.18. The van der Waals surface area contributed by atoms with Crippen LogP contribution in [0.3, 0.4) is 0 Å². The molecule has 10 heteroatoms. The molecular weight excluding hydrogens is 468 g/mol. The molecule has 0 atom stereocenters. The van der Waals surface area contributed by atoms with Crippen molar-refractivity contribution in [2.75, 3.05) is 11.9 Å². The first kappa shape index (κ1) is 24.0. The van der Waals surface area contributed by atoms with Gasteiger partial charge in [-0.15, -0.1) is 0 Å². The molecule has 178 valence electrons. The molecule has 9 nitrogen and oxygen atoms in total. The summed E-state index contributed by atoms with van der Waals surface area (Å²) < 4.78 is 5.93. The third-order valence-electron chi connectivity index (χ3n) is 4.87. The second kappa shape index (κ2) is 10.8. The molecular formula is C25H22N4O5S. The molecule has 2 amide bonds. The molecule has 0 saturated carbocycles. The van der Waals surface area contributed by atoms with Crippen molar-refractivity contribution in [2.45, 2.75) is 19.8 Å². The maximum Gasteiger partial charge on any atom is 0.312 e. The van der Waals surface area contributed by atoms with Gasteiger partial charge in [0, 0.05) is 30.1 Å². The van der Waals surface area contributed by atoms with Crippen LogP contribution in [0.1, 0.15) is 25.5 Å². The van der Waals surface area contributed by atoms with Crippen molar-refractivity contribution in [3.63, 3.8) is 0 Å². The molecule has 35 heavy (non-hydrogen) atoms. The summed E-state index contributed by atoms with van der Waals surface area (Å²) in [6.07, 6.45) is 5.21. The van der Waals surface area contributed by atoms with E-state index in [2.05, 4.69) is 15.3 Å². The maximum absolute atomic E-state index is 13.0. The summed E-state index contributed by atoms with van der Waals surface area (Å²) in [7, 11) is 0. The molecule has 1 fully saturated rings. The SMILES string of the molecule is CCCN1C(=O)/C(=C/c2ccc(-c3ccc(NC(=O)CC(=O)O)cc3)o2)SC1=Nc1cccnc1. The van der Waals surface area contributed by atoms with Crippen LogP contribution in [0.2, 0.25) is 0 Å². The van der Waals surface area contributed by atoms with Crippen LogP contribution in [0.5, 0.6) is 0 Å². The Morgan fingerprint density at radius 1 is 1.20 bits per heavy atom. The van der Waals surface area contributed by atoms with Crippen LogP contribution in [0.25, 0.3) is 17.4 Å². The summed E-state index contributed by atoms with van der Waals surface area (Å²) in [6.45, 7) is 2.56. The van der Waals surface area contributed by atoms with Crippen LogP contribution >= 0.6 is 11.8 Å². The molecule has 2 aromatic heterocycles. The van der Waals surface area contributed by atoms with E-state index in [1.807, 2.05) is 13.0 Å². The van der Waals surface area contributed by atoms with Gasteiger partial charge in [-0.1, -0.05) is 6.92 Å². The number of rotatable bonds is 8. The number of hydrogen-bond acceptors (Lipinski definition) is 7. The number of amidine groups is 1. The van der Waals surface area contributed by atoms with Crippen molar-refractivity contribution in [3.8, 4) is 11.3 Å². The number of aliphatic imine (C=N–C) groups is 1. The monoisotopic (exact) mass is 490 g/mol. The van der Waals surface area contributed by atoms with Gasteiger partial charge >= 0.3 is 5.97 Å². The minimum atomic E-state index is -1.19. The first-order chi connectivity index (χ1) is 16.9. The van der Waals surface area contributed by atoms with Gasteiger partial charge in [-0.25, -0.2) is 4.99 Å². The van der Waals surface area contributed by atoms with E-state index in [1.165, 1.54) is 11.8 Å². The number of carbonyl (C=O) groups is 3. The first-order valence-corrected chi connectivity index (χ1v) is 11.7. The van der Waals surface area contributed by atoms with Crippen molar-refractivity contribution < 1.29 is 23.9 Å². The van der Waals surface area contributed by atoms with Crippen molar-refractivity contribution in [1.29, 1.82) is 0 Å². The van der Waals surface area contributed by atoms with Crippen LogP contribution in [-0.4, -0.2) is 44.5 Å². The number of carboxylic acids is 1. The van der Waals surface area contributed by atoms with Crippen LogP contribution in [0.4, 0.5) is 11.4 Å². The van der Waals surface area contributed by atoms with Gasteiger partial charge in [0.25, 0.3) is 5.91 Å². The molecule has 2 N–H and O–H groups in total. The Morgan fingerprint density at radius 2 is 2.00 bits per heavy atom. The first-order valence-electron chi connectivity index (χ1n) is 10.8. The number of carboxylic acid groups (broad SMARTS) is 1. The molecule has 0 bridgehead atoms. The minimum Gasteiger partial charge on any atom is -0.481 e. The third kappa shape index (κ3) is 6.04. The van der Waals surface area contributed by atoms with Gasteiger partial charge in [0.2, 0.25) is 5.91 Å². The zero-order valence-electron chi connectivity index (χ0n) is 18.8. The molecule has 1 aliphatic rings. The van der Waals surface area contributed by atoms with Crippen molar-refractivity contribution >= 4 is 52.2 Å². The number of thioether (sulfide) groups is 1. The van der Waals surface area contributed by atoms with Gasteiger partial charge < -0.3 is 14.8 Å². The number of nitrogens with zero attached hydrogens (tertiary/aromatic N) is 3. The number of anilines is 1. The van der Waals surface area contributed by atoms with Gasteiger partial charge in [-0.2, -0.15) is 0 Å². The fourth-order valence-corrected chi connectivity index (χ4v) is 4.32. The number of furan rings is 1. The third-order valence-corrected chi connectivity index (χ3v) is 5.88. The number of amides is 2. The Labute approximate surface area is 205 Å². The Morgan fingerprint density at radius 3 is 2.69 bits per heavy atom. The van der Waals surface area contributed by atoms with Gasteiger partial charge in [0.1, 0.15) is 17.9 Å². The van der Waals surface area contributed by atoms with E-state index in [0.29, 0.717) is 39.5 Å². The number of aliphatic carboxylic acids is 1. The van der Waals surface area contributed by atoms with Crippen molar-refractivity contribution in [1.82, 2.24) is 9.88 Å². The van der Waals surface area contributed by atoms with E-state index >= 15 is 0 Å². The number of nitrogens with one attached hydrogen (secondary N) is 1. The number of aromatic nitrogens is 1. The van der Waals surface area contributed by atoms with Gasteiger partial charge in [0.15, 0.2) is 5.17 Å². The number of hydrogen-bond donors (Lipinski definition) is 2. The molecule has 0 unspecified atom stereocenters. The molecule has 0 radical (unpaired) electrons. The summed E-state index contributed by atoms with van der Waals surface area (Å²) >= 11 is 1.29. The van der Waals surface area contributed by atoms with E-state index in [0.717, 1.165) is 12.0 Å². The van der Waals surface area contributed by atoms with E-state index in [1.54, 1.807) is 65.8 Å². The zero-order valence-corrected chi connectivity index (χ0v) is 19.6. The van der Waals surface area contributed by atoms with Gasteiger partial charge in [-0.3, -0.25) is 24.3 Å². The lowest BCUT2D eigenvalue weighted by molar-refractivity contribution is -0.139. The fourth-order valence-electron chi connectivity index (χ4n) is 3.32. The van der Waals surface area contributed by atoms with E-state index in [-0.39, 0.29) is 5.91 Å². The average molecular weight is 491 g/mol. The van der Waals surface area contributed by atoms with Crippen LogP contribution < -0.4 is 5.32 Å². The highest BCUT2D eigenvalue weighted by Crippen LogP contribution is 2.35. The second-order valence-electron chi connectivity index (χ2n) is 7.57. The molecule has 1 aliphatic heterocycles. The highest BCUT2D eigenvalue weighted by Gasteiger charge is 2.33. The summed E-state index contributed by atoms with van der Waals surface area (Å²) in [6, 6.07) is 14.0. The maximum atomic E-state index is 13.0. The standard InChI is InChI=1S/C25H22N4O5S/c1-2-12-29-24(33)21(35-25(29)28-18-4-3-11-26-15-18)13-19-9-10-20(34-19)16-5-7-17(8-6-16)27-22(30)14-23(31)32/h3-11,13,15H,2,12,14H2,1H3,(H,27,30)(H,31,32)/b21-13-,28-25?. The summed E-state index contributed by atoms with van der Waals surface area (Å²) in [4.78, 5) is 46.0. The number of pyridine rings is 1. The predicted molar refractivity (Wildman–Crippen MR) is 134 cm³/mol. The Kier molecular flexibility index (Phi) is 7.41. The lowest BCUT2D eigenvalue weighted by atomic mass is 10.1. The summed E-state index contributed by atoms with van der Waals surface area (Å²) in [5.74, 6) is -0.805. The molecule has 1 saturated heterocycles. The average Bonchev–Trinajstić information content (AvgIpc) is 3.41. The zero-order chi connectivity index (χ0) is 24.8. The smallest absolute Gasteiger partial charge is 0.312 e. The number of carbonyl (C=O) groups excluding carboxylic acids is 2. The topological polar surface area (TPSA) is 125 Å². The molecule has 3 heterocycles. The van der Waals surface area contributed by atoms with E-state index in [4.69, 9.17) is 9.52 Å². The van der Waals surface area contributed by atoms with Gasteiger partial charge in [-0.05, 0) is 66.7 Å². The van der Waals surface area contributed by atoms with Crippen LogP contribution in [0.15, 0.2) is 75.2 Å². The Balaban J connectivity index is 1.50.